The van der Waals surface area contributed by atoms with Crippen molar-refractivity contribution >= 4 is 32.1 Å². The van der Waals surface area contributed by atoms with Gasteiger partial charge >= 0.3 is 18.1 Å². The first-order valence-corrected chi connectivity index (χ1v) is 10.4. The van der Waals surface area contributed by atoms with Gasteiger partial charge in [0.2, 0.25) is 5.95 Å². The van der Waals surface area contributed by atoms with E-state index in [1.54, 1.807) is 0 Å². The van der Waals surface area contributed by atoms with Crippen LogP contribution in [-0.2, 0) is 20.1 Å². The number of methoxy groups -OCH3 is 2. The first-order valence-electron chi connectivity index (χ1n) is 7.39. The van der Waals surface area contributed by atoms with Gasteiger partial charge < -0.3 is 14.6 Å². The van der Waals surface area contributed by atoms with Crippen LogP contribution in [0.3, 0.4) is 0 Å². The number of carbonyl (C=O) groups excluding carboxylic acids is 1. The van der Waals surface area contributed by atoms with E-state index in [9.17, 15) is 26.7 Å². The van der Waals surface area contributed by atoms with Crippen molar-refractivity contribution in [2.45, 2.75) is 4.90 Å². The van der Waals surface area contributed by atoms with Crippen molar-refractivity contribution in [2.24, 2.45) is 0 Å². The maximum absolute atomic E-state index is 12.7. The molecular formula is C13H15N5O9S2. The summed E-state index contributed by atoms with van der Waals surface area (Å²) in [6.45, 7) is 0. The number of phenolic OH excluding ortho intramolecular Hbond substituents is 1. The zero-order valence-corrected chi connectivity index (χ0v) is 16.5. The summed E-state index contributed by atoms with van der Waals surface area (Å²) in [6.07, 6.45) is 0. The zero-order chi connectivity index (χ0) is 21.8. The molecule has 29 heavy (non-hydrogen) atoms. The Morgan fingerprint density at radius 1 is 1.07 bits per heavy atom. The monoisotopic (exact) mass is 449 g/mol. The van der Waals surface area contributed by atoms with E-state index in [-0.39, 0.29) is 16.3 Å². The number of hydrogen-bond donors (Lipinski definition) is 3. The van der Waals surface area contributed by atoms with E-state index in [2.05, 4.69) is 15.0 Å². The van der Waals surface area contributed by atoms with Crippen LogP contribution in [0.1, 0.15) is 0 Å². The number of amides is 2. The van der Waals surface area contributed by atoms with Crippen LogP contribution in [0.2, 0.25) is 0 Å². The number of anilines is 1. The van der Waals surface area contributed by atoms with Gasteiger partial charge in [-0.15, -0.1) is 4.98 Å². The third kappa shape index (κ3) is 5.39. The van der Waals surface area contributed by atoms with Gasteiger partial charge in [-0.3, -0.25) is 9.87 Å². The topological polar surface area (TPSA) is 198 Å². The lowest BCUT2D eigenvalue weighted by Gasteiger charge is -2.21. The minimum atomic E-state index is -4.99. The Balaban J connectivity index is 2.48. The average Bonchev–Trinajstić information content (AvgIpc) is 2.65. The number of carbonyl (C=O) groups is 1. The third-order valence-electron chi connectivity index (χ3n) is 3.12. The van der Waals surface area contributed by atoms with E-state index in [0.29, 0.717) is 0 Å². The average molecular weight is 449 g/mol. The van der Waals surface area contributed by atoms with E-state index in [1.165, 1.54) is 26.4 Å². The summed E-state index contributed by atoms with van der Waals surface area (Å²) >= 11 is 0. The number of rotatable bonds is 7. The fraction of sp³-hybridized carbons (Fsp3) is 0.231. The Morgan fingerprint density at radius 2 is 1.62 bits per heavy atom. The van der Waals surface area contributed by atoms with Gasteiger partial charge in [0.15, 0.2) is 5.88 Å². The number of para-hydroxylation sites is 1. The van der Waals surface area contributed by atoms with Crippen LogP contribution in [0.5, 0.6) is 17.8 Å². The highest BCUT2D eigenvalue weighted by atomic mass is 32.2. The summed E-state index contributed by atoms with van der Waals surface area (Å²) in [6, 6.07) is 2.35. The van der Waals surface area contributed by atoms with E-state index < -0.39 is 48.6 Å². The van der Waals surface area contributed by atoms with Crippen molar-refractivity contribution in [2.75, 3.05) is 25.4 Å². The molecule has 0 bridgehead atoms. The van der Waals surface area contributed by atoms with Crippen LogP contribution in [0.15, 0.2) is 29.2 Å². The maximum atomic E-state index is 12.7. The van der Waals surface area contributed by atoms with Crippen molar-refractivity contribution in [3.63, 3.8) is 0 Å². The Labute approximate surface area is 164 Å². The summed E-state index contributed by atoms with van der Waals surface area (Å²) in [7, 11) is -7.50. The molecule has 14 nitrogen and oxygen atoms in total. The van der Waals surface area contributed by atoms with Crippen molar-refractivity contribution in [3.8, 4) is 17.8 Å². The van der Waals surface area contributed by atoms with Crippen LogP contribution in [0.4, 0.5) is 10.7 Å². The Kier molecular flexibility index (Phi) is 6.40. The number of nitrogens with one attached hydrogen (secondary N) is 1. The van der Waals surface area contributed by atoms with Crippen LogP contribution >= 0.6 is 0 Å². The fourth-order valence-corrected chi connectivity index (χ4v) is 4.37. The number of ether oxygens (including phenoxy) is 2. The molecule has 1 aromatic heterocycles. The third-order valence-corrected chi connectivity index (χ3v) is 5.64. The van der Waals surface area contributed by atoms with Crippen LogP contribution in [0, 0.1) is 0 Å². The molecule has 0 saturated heterocycles. The van der Waals surface area contributed by atoms with Crippen molar-refractivity contribution in [1.29, 1.82) is 0 Å². The van der Waals surface area contributed by atoms with Crippen LogP contribution in [-0.4, -0.2) is 71.9 Å². The molecule has 0 aliphatic rings. The normalized spacial score (nSPS) is 11.6. The van der Waals surface area contributed by atoms with E-state index in [1.807, 2.05) is 5.32 Å². The zero-order valence-electron chi connectivity index (χ0n) is 14.9. The molecule has 0 fully saturated rings. The fourth-order valence-electron chi connectivity index (χ4n) is 1.91. The molecule has 158 valence electrons. The largest absolute Gasteiger partial charge is 0.507 e. The molecule has 0 aliphatic carbocycles. The first-order chi connectivity index (χ1) is 13.5. The van der Waals surface area contributed by atoms with Gasteiger partial charge in [0.25, 0.3) is 20.1 Å². The second-order valence-electron chi connectivity index (χ2n) is 5.09. The van der Waals surface area contributed by atoms with Gasteiger partial charge in [0.1, 0.15) is 10.6 Å². The van der Waals surface area contributed by atoms with E-state index in [4.69, 9.17) is 14.0 Å². The molecule has 2 aromatic rings. The van der Waals surface area contributed by atoms with Gasteiger partial charge in [-0.05, 0) is 12.1 Å². The van der Waals surface area contributed by atoms with Crippen molar-refractivity contribution < 1.29 is 40.8 Å². The summed E-state index contributed by atoms with van der Waals surface area (Å²) in [5, 5.41) is 11.7. The quantitative estimate of drug-likeness (QED) is 0.465. The highest BCUT2D eigenvalue weighted by Crippen LogP contribution is 2.26. The number of sulfonamides is 1. The molecule has 0 aliphatic heterocycles. The highest BCUT2D eigenvalue weighted by molar-refractivity contribution is 7.91. The summed E-state index contributed by atoms with van der Waals surface area (Å²) in [5.41, 5.74) is 0. The molecule has 3 N–H and O–H groups in total. The number of benzene rings is 1. The summed E-state index contributed by atoms with van der Waals surface area (Å²) in [5.74, 6) is -2.93. The molecule has 2 rings (SSSR count). The van der Waals surface area contributed by atoms with Crippen LogP contribution < -0.4 is 14.8 Å². The molecule has 0 atom stereocenters. The highest BCUT2D eigenvalue weighted by Gasteiger charge is 2.35. The number of hydrogen-bond acceptors (Lipinski definition) is 11. The first kappa shape index (κ1) is 22.1. The predicted octanol–water partition coefficient (Wildman–Crippen LogP) is -0.337. The minimum Gasteiger partial charge on any atom is -0.507 e. The minimum absolute atomic E-state index is 0.222. The lowest BCUT2D eigenvalue weighted by Crippen LogP contribution is -2.43. The number of aromatic hydroxyl groups is 1. The number of phenols is 1. The van der Waals surface area contributed by atoms with Crippen LogP contribution in [0.25, 0.3) is 0 Å². The number of aromatic nitrogens is 3. The summed E-state index contributed by atoms with van der Waals surface area (Å²) < 4.78 is 66.5. The lowest BCUT2D eigenvalue weighted by atomic mass is 10.3. The second-order valence-corrected chi connectivity index (χ2v) is 8.35. The van der Waals surface area contributed by atoms with E-state index >= 15 is 0 Å². The van der Waals surface area contributed by atoms with Gasteiger partial charge in [-0.1, -0.05) is 12.1 Å². The van der Waals surface area contributed by atoms with Gasteiger partial charge in [-0.25, -0.2) is 13.2 Å². The predicted molar refractivity (Wildman–Crippen MR) is 95.5 cm³/mol. The van der Waals surface area contributed by atoms with Gasteiger partial charge in [-0.2, -0.15) is 22.7 Å². The number of nitrogens with zero attached hydrogens (tertiary/aromatic N) is 4. The maximum Gasteiger partial charge on any atom is 0.339 e. The smallest absolute Gasteiger partial charge is 0.339 e. The number of urea groups is 1. The molecular weight excluding hydrogens is 434 g/mol. The van der Waals surface area contributed by atoms with Gasteiger partial charge in [0.05, 0.1) is 14.2 Å². The van der Waals surface area contributed by atoms with Crippen molar-refractivity contribution in [3.05, 3.63) is 24.3 Å². The van der Waals surface area contributed by atoms with Crippen molar-refractivity contribution in [1.82, 2.24) is 19.3 Å². The summed E-state index contributed by atoms with van der Waals surface area (Å²) in [4.78, 5) is 22.7. The molecule has 0 unspecified atom stereocenters. The SMILES string of the molecule is COc1nc(NC(=O)N(CS(=O)(=O)O)S(=O)(=O)c2ccccc2O)nc(OC)n1. The van der Waals surface area contributed by atoms with E-state index in [0.717, 1.165) is 12.1 Å². The Hall–Kier alpha value is -3.24. The molecule has 0 spiro atoms. The molecule has 16 heteroatoms. The Bertz CT molecular complexity index is 1100. The standard InChI is InChI=1S/C13H15N5O9S2/c1-26-11-14-10(15-12(17-11)27-2)16-13(20)18(7-28(21,22)23)29(24,25)9-6-4-3-5-8(9)19/h3-6,19H,7H2,1-2H3,(H,21,22,23)(H,14,15,16,17,20). The lowest BCUT2D eigenvalue weighted by molar-refractivity contribution is 0.238. The second kappa shape index (κ2) is 8.41. The molecule has 1 heterocycles. The molecule has 1 aromatic carbocycles. The Morgan fingerprint density at radius 3 is 2.10 bits per heavy atom. The van der Waals surface area contributed by atoms with Gasteiger partial charge in [0, 0.05) is 0 Å². The molecule has 0 radical (unpaired) electrons. The molecule has 0 saturated carbocycles. The molecule has 2 amide bonds.